The first-order chi connectivity index (χ1) is 7.41. The number of nitro groups is 1. The fourth-order valence-electron chi connectivity index (χ4n) is 0.888. The van der Waals surface area contributed by atoms with Crippen molar-refractivity contribution in [1.29, 1.82) is 0 Å². The molecule has 0 N–H and O–H groups in total. The van der Waals surface area contributed by atoms with Gasteiger partial charge in [-0.05, 0) is 29.8 Å². The summed E-state index contributed by atoms with van der Waals surface area (Å²) in [6.45, 7) is 2.85. The number of aromatic nitrogens is 1. The van der Waals surface area contributed by atoms with Gasteiger partial charge in [-0.3, -0.25) is 14.9 Å². The van der Waals surface area contributed by atoms with Crippen LogP contribution < -0.4 is 4.74 Å². The molecule has 1 unspecified atom stereocenters. The van der Waals surface area contributed by atoms with Crippen LogP contribution in [0.3, 0.4) is 0 Å². The molecule has 6 nitrogen and oxygen atoms in total. The lowest BCUT2D eigenvalue weighted by Gasteiger charge is -2.10. The van der Waals surface area contributed by atoms with Crippen molar-refractivity contribution in [2.75, 3.05) is 0 Å². The van der Waals surface area contributed by atoms with E-state index in [2.05, 4.69) is 20.9 Å². The van der Waals surface area contributed by atoms with Crippen LogP contribution in [0.2, 0.25) is 0 Å². The van der Waals surface area contributed by atoms with Gasteiger partial charge in [-0.25, -0.2) is 4.98 Å². The standard InChI is InChI=1S/C9H9BrN2O4/c1-5(13)6(2)16-9-8(12(14)15)3-7(10)4-11-9/h3-4,6H,1-2H3. The molecule has 0 saturated carbocycles. The van der Waals surface area contributed by atoms with Gasteiger partial charge in [0, 0.05) is 16.7 Å². The number of carbonyl (C=O) groups excluding carboxylic acids is 1. The number of hydrogen-bond acceptors (Lipinski definition) is 5. The first-order valence-corrected chi connectivity index (χ1v) is 5.18. The summed E-state index contributed by atoms with van der Waals surface area (Å²) < 4.78 is 5.57. The van der Waals surface area contributed by atoms with Crippen LogP contribution in [0.4, 0.5) is 5.69 Å². The molecule has 86 valence electrons. The van der Waals surface area contributed by atoms with Crippen molar-refractivity contribution in [3.05, 3.63) is 26.9 Å². The Labute approximate surface area is 99.9 Å². The third-order valence-corrected chi connectivity index (χ3v) is 2.29. The first-order valence-electron chi connectivity index (χ1n) is 4.39. The summed E-state index contributed by atoms with van der Waals surface area (Å²) >= 11 is 3.07. The lowest BCUT2D eigenvalue weighted by Crippen LogP contribution is -2.21. The van der Waals surface area contributed by atoms with Gasteiger partial charge in [0.1, 0.15) is 0 Å². The molecule has 0 aliphatic rings. The average Bonchev–Trinajstić information content (AvgIpc) is 2.20. The molecule has 0 fully saturated rings. The Morgan fingerprint density at radius 3 is 2.81 bits per heavy atom. The summed E-state index contributed by atoms with van der Waals surface area (Å²) in [5.74, 6) is -0.380. The molecule has 1 aromatic rings. The molecule has 1 rings (SSSR count). The molecule has 0 bridgehead atoms. The van der Waals surface area contributed by atoms with Gasteiger partial charge >= 0.3 is 5.69 Å². The molecule has 1 heterocycles. The second-order valence-corrected chi connectivity index (χ2v) is 4.02. The lowest BCUT2D eigenvalue weighted by atomic mass is 10.3. The molecule has 1 aromatic heterocycles. The van der Waals surface area contributed by atoms with Crippen molar-refractivity contribution < 1.29 is 14.5 Å². The first kappa shape index (κ1) is 12.6. The van der Waals surface area contributed by atoms with Crippen molar-refractivity contribution >= 4 is 27.4 Å². The Bertz CT molecular complexity index is 436. The summed E-state index contributed by atoms with van der Waals surface area (Å²) in [4.78, 5) is 24.8. The van der Waals surface area contributed by atoms with E-state index in [0.29, 0.717) is 4.47 Å². The Balaban J connectivity index is 3.04. The second kappa shape index (κ2) is 5.02. The molecule has 0 radical (unpaired) electrons. The molecule has 0 spiro atoms. The molecule has 0 saturated heterocycles. The molecule has 0 amide bonds. The van der Waals surface area contributed by atoms with Crippen LogP contribution in [0.25, 0.3) is 0 Å². The molecule has 0 aromatic carbocycles. The minimum absolute atomic E-state index is 0.157. The van der Waals surface area contributed by atoms with Crippen molar-refractivity contribution in [2.45, 2.75) is 20.0 Å². The number of pyridine rings is 1. The summed E-state index contributed by atoms with van der Waals surface area (Å²) in [5.41, 5.74) is -0.275. The normalized spacial score (nSPS) is 11.9. The monoisotopic (exact) mass is 288 g/mol. The van der Waals surface area contributed by atoms with Crippen molar-refractivity contribution in [3.8, 4) is 5.88 Å². The van der Waals surface area contributed by atoms with E-state index < -0.39 is 11.0 Å². The van der Waals surface area contributed by atoms with Gasteiger partial charge in [0.25, 0.3) is 5.88 Å². The van der Waals surface area contributed by atoms with E-state index in [-0.39, 0.29) is 17.4 Å². The van der Waals surface area contributed by atoms with Crippen LogP contribution in [0.15, 0.2) is 16.7 Å². The minimum Gasteiger partial charge on any atom is -0.462 e. The largest absolute Gasteiger partial charge is 0.462 e. The van der Waals surface area contributed by atoms with E-state index in [1.165, 1.54) is 26.1 Å². The third kappa shape index (κ3) is 2.99. The Hall–Kier alpha value is -1.50. The topological polar surface area (TPSA) is 82.3 Å². The number of ether oxygens (including phenoxy) is 1. The average molecular weight is 289 g/mol. The van der Waals surface area contributed by atoms with Crippen LogP contribution in [0, 0.1) is 10.1 Å². The van der Waals surface area contributed by atoms with Gasteiger partial charge in [0.15, 0.2) is 11.9 Å². The van der Waals surface area contributed by atoms with Gasteiger partial charge in [-0.2, -0.15) is 0 Å². The number of Topliss-reactive ketones (excluding diaryl/α,β-unsaturated/α-hetero) is 1. The zero-order valence-corrected chi connectivity index (χ0v) is 10.2. The number of hydrogen-bond donors (Lipinski definition) is 0. The lowest BCUT2D eigenvalue weighted by molar-refractivity contribution is -0.386. The van der Waals surface area contributed by atoms with Gasteiger partial charge in [0.05, 0.1) is 4.92 Å². The summed E-state index contributed by atoms with van der Waals surface area (Å²) in [5, 5.41) is 10.7. The van der Waals surface area contributed by atoms with Crippen LogP contribution >= 0.6 is 15.9 Å². The molecule has 0 aliphatic heterocycles. The Morgan fingerprint density at radius 1 is 1.69 bits per heavy atom. The van der Waals surface area contributed by atoms with Crippen LogP contribution in [-0.2, 0) is 4.79 Å². The quantitative estimate of drug-likeness (QED) is 0.626. The van der Waals surface area contributed by atoms with Gasteiger partial charge in [-0.15, -0.1) is 0 Å². The fourth-order valence-corrected chi connectivity index (χ4v) is 1.21. The fraction of sp³-hybridized carbons (Fsp3) is 0.333. The predicted molar refractivity (Wildman–Crippen MR) is 59.4 cm³/mol. The van der Waals surface area contributed by atoms with E-state index >= 15 is 0 Å². The summed E-state index contributed by atoms with van der Waals surface area (Å²) in [7, 11) is 0. The molecule has 16 heavy (non-hydrogen) atoms. The van der Waals surface area contributed by atoms with E-state index in [9.17, 15) is 14.9 Å². The zero-order valence-electron chi connectivity index (χ0n) is 8.64. The number of carbonyl (C=O) groups is 1. The Kier molecular flexibility index (Phi) is 3.94. The van der Waals surface area contributed by atoms with Crippen molar-refractivity contribution in [2.24, 2.45) is 0 Å². The molecular weight excluding hydrogens is 280 g/mol. The van der Waals surface area contributed by atoms with Crippen LogP contribution in [-0.4, -0.2) is 21.8 Å². The summed E-state index contributed by atoms with van der Waals surface area (Å²) in [6.07, 6.45) is 0.613. The highest BCUT2D eigenvalue weighted by Gasteiger charge is 2.21. The molecule has 7 heteroatoms. The SMILES string of the molecule is CC(=O)C(C)Oc1ncc(Br)cc1[N+](=O)[O-]. The maximum Gasteiger partial charge on any atom is 0.332 e. The smallest absolute Gasteiger partial charge is 0.332 e. The maximum atomic E-state index is 11.0. The predicted octanol–water partition coefficient (Wildman–Crippen LogP) is 2.11. The zero-order chi connectivity index (χ0) is 12.3. The van der Waals surface area contributed by atoms with E-state index in [1.54, 1.807) is 0 Å². The van der Waals surface area contributed by atoms with Crippen molar-refractivity contribution in [1.82, 2.24) is 4.98 Å². The molecule has 1 atom stereocenters. The van der Waals surface area contributed by atoms with E-state index in [0.717, 1.165) is 0 Å². The highest BCUT2D eigenvalue weighted by Crippen LogP contribution is 2.27. The third-order valence-electron chi connectivity index (χ3n) is 1.86. The number of ketones is 1. The summed E-state index contributed by atoms with van der Waals surface area (Å²) in [6, 6.07) is 1.27. The second-order valence-electron chi connectivity index (χ2n) is 3.11. The van der Waals surface area contributed by atoms with Crippen LogP contribution in [0.1, 0.15) is 13.8 Å². The van der Waals surface area contributed by atoms with Gasteiger partial charge < -0.3 is 4.74 Å². The van der Waals surface area contributed by atoms with E-state index in [4.69, 9.17) is 4.74 Å². The highest BCUT2D eigenvalue weighted by molar-refractivity contribution is 9.10. The molecule has 0 aliphatic carbocycles. The number of nitrogens with zero attached hydrogens (tertiary/aromatic N) is 2. The van der Waals surface area contributed by atoms with Gasteiger partial charge in [-0.1, -0.05) is 0 Å². The van der Waals surface area contributed by atoms with Gasteiger partial charge in [0.2, 0.25) is 0 Å². The molecular formula is C9H9BrN2O4. The highest BCUT2D eigenvalue weighted by atomic mass is 79.9. The van der Waals surface area contributed by atoms with Crippen LogP contribution in [0.5, 0.6) is 5.88 Å². The minimum atomic E-state index is -0.757. The number of rotatable bonds is 4. The van der Waals surface area contributed by atoms with Crippen molar-refractivity contribution in [3.63, 3.8) is 0 Å². The number of halogens is 1. The Morgan fingerprint density at radius 2 is 2.31 bits per heavy atom. The van der Waals surface area contributed by atoms with E-state index in [1.807, 2.05) is 0 Å². The maximum absolute atomic E-state index is 11.0.